The van der Waals surface area contributed by atoms with E-state index in [2.05, 4.69) is 10.3 Å². The molecule has 0 radical (unpaired) electrons. The number of nitrogens with one attached hydrogen (secondary N) is 1. The molecule has 2 amide bonds. The van der Waals surface area contributed by atoms with Gasteiger partial charge < -0.3 is 15.3 Å². The lowest BCUT2D eigenvalue weighted by Crippen LogP contribution is -2.35. The van der Waals surface area contributed by atoms with E-state index < -0.39 is 11.4 Å². The molecule has 1 saturated heterocycles. The summed E-state index contributed by atoms with van der Waals surface area (Å²) >= 11 is 1.16. The number of aliphatic carboxylic acids is 1. The van der Waals surface area contributed by atoms with Gasteiger partial charge in [0.15, 0.2) is 5.13 Å². The molecular weight excluding hydrogens is 282 g/mol. The van der Waals surface area contributed by atoms with Gasteiger partial charge >= 0.3 is 5.97 Å². The molecule has 20 heavy (non-hydrogen) atoms. The van der Waals surface area contributed by atoms with Crippen molar-refractivity contribution in [1.29, 1.82) is 0 Å². The monoisotopic (exact) mass is 297 g/mol. The highest BCUT2D eigenvalue weighted by atomic mass is 32.1. The van der Waals surface area contributed by atoms with Crippen molar-refractivity contribution < 1.29 is 19.5 Å². The summed E-state index contributed by atoms with van der Waals surface area (Å²) < 4.78 is 0. The molecule has 8 heteroatoms. The third kappa shape index (κ3) is 2.79. The van der Waals surface area contributed by atoms with Crippen LogP contribution in [0.3, 0.4) is 0 Å². The van der Waals surface area contributed by atoms with E-state index in [4.69, 9.17) is 5.11 Å². The van der Waals surface area contributed by atoms with Gasteiger partial charge in [-0.1, -0.05) is 0 Å². The largest absolute Gasteiger partial charge is 0.481 e. The van der Waals surface area contributed by atoms with Crippen molar-refractivity contribution >= 4 is 34.3 Å². The van der Waals surface area contributed by atoms with Crippen LogP contribution in [0.2, 0.25) is 0 Å². The highest BCUT2D eigenvalue weighted by Gasteiger charge is 2.42. The summed E-state index contributed by atoms with van der Waals surface area (Å²) in [5.74, 6) is -1.45. The zero-order valence-electron chi connectivity index (χ0n) is 11.2. The standard InChI is InChI=1S/C12H15N3O4S/c1-7(16)13-11-14-8(5-20-11)9(17)15-4-3-12(2,6-15)10(18)19/h5H,3-4,6H2,1-2H3,(H,18,19)(H,13,14,16). The maximum absolute atomic E-state index is 12.2. The maximum Gasteiger partial charge on any atom is 0.311 e. The number of likely N-dealkylation sites (tertiary alicyclic amines) is 1. The van der Waals surface area contributed by atoms with E-state index >= 15 is 0 Å². The second kappa shape index (κ2) is 5.20. The van der Waals surface area contributed by atoms with E-state index in [9.17, 15) is 14.4 Å². The molecule has 1 atom stereocenters. The van der Waals surface area contributed by atoms with Gasteiger partial charge in [-0.3, -0.25) is 14.4 Å². The number of amides is 2. The zero-order chi connectivity index (χ0) is 14.9. The molecule has 2 heterocycles. The van der Waals surface area contributed by atoms with Crippen molar-refractivity contribution in [3.05, 3.63) is 11.1 Å². The summed E-state index contributed by atoms with van der Waals surface area (Å²) in [5, 5.41) is 13.6. The molecule has 1 aromatic rings. The topological polar surface area (TPSA) is 99.6 Å². The molecule has 1 aliphatic rings. The lowest BCUT2D eigenvalue weighted by molar-refractivity contribution is -0.147. The number of thiazole rings is 1. The first kappa shape index (κ1) is 14.4. The molecular formula is C12H15N3O4S. The average Bonchev–Trinajstić information content (AvgIpc) is 2.95. The summed E-state index contributed by atoms with van der Waals surface area (Å²) in [6.45, 7) is 3.57. The zero-order valence-corrected chi connectivity index (χ0v) is 12.0. The number of hydrogen-bond donors (Lipinski definition) is 2. The second-order valence-corrected chi connectivity index (χ2v) is 5.92. The molecule has 1 unspecified atom stereocenters. The maximum atomic E-state index is 12.2. The number of hydrogen-bond acceptors (Lipinski definition) is 5. The van der Waals surface area contributed by atoms with E-state index in [0.717, 1.165) is 11.3 Å². The number of aromatic nitrogens is 1. The highest BCUT2D eigenvalue weighted by Crippen LogP contribution is 2.31. The smallest absolute Gasteiger partial charge is 0.311 e. The average molecular weight is 297 g/mol. The molecule has 0 bridgehead atoms. The number of nitrogens with zero attached hydrogens (tertiary/aromatic N) is 2. The minimum absolute atomic E-state index is 0.175. The number of rotatable bonds is 3. The van der Waals surface area contributed by atoms with E-state index in [1.165, 1.54) is 11.8 Å². The first-order valence-electron chi connectivity index (χ1n) is 6.07. The SMILES string of the molecule is CC(=O)Nc1nc(C(=O)N2CCC(C)(C(=O)O)C2)cs1. The molecule has 2 rings (SSSR count). The van der Waals surface area contributed by atoms with Crippen LogP contribution in [0.1, 0.15) is 30.8 Å². The summed E-state index contributed by atoms with van der Waals surface area (Å²) in [6.07, 6.45) is 0.427. The van der Waals surface area contributed by atoms with Crippen LogP contribution < -0.4 is 5.32 Å². The molecule has 2 N–H and O–H groups in total. The number of carboxylic acid groups (broad SMARTS) is 1. The van der Waals surface area contributed by atoms with Gasteiger partial charge in [0.2, 0.25) is 5.91 Å². The molecule has 7 nitrogen and oxygen atoms in total. The van der Waals surface area contributed by atoms with Gasteiger partial charge in [0.1, 0.15) is 5.69 Å². The number of carbonyl (C=O) groups excluding carboxylic acids is 2. The van der Waals surface area contributed by atoms with Crippen molar-refractivity contribution in [2.24, 2.45) is 5.41 Å². The Morgan fingerprint density at radius 3 is 2.75 bits per heavy atom. The van der Waals surface area contributed by atoms with Crippen LogP contribution in [0.4, 0.5) is 5.13 Å². The fourth-order valence-corrected chi connectivity index (χ4v) is 2.78. The Morgan fingerprint density at radius 1 is 1.50 bits per heavy atom. The normalized spacial score (nSPS) is 21.8. The molecule has 1 aromatic heterocycles. The summed E-state index contributed by atoms with van der Waals surface area (Å²) in [7, 11) is 0. The van der Waals surface area contributed by atoms with Gasteiger partial charge in [0.25, 0.3) is 5.91 Å². The Balaban J connectivity index is 2.07. The Labute approximate surface area is 119 Å². The first-order valence-corrected chi connectivity index (χ1v) is 6.95. The minimum Gasteiger partial charge on any atom is -0.481 e. The fraction of sp³-hybridized carbons (Fsp3) is 0.500. The van der Waals surface area contributed by atoms with Gasteiger partial charge in [-0.25, -0.2) is 4.98 Å². The molecule has 0 aromatic carbocycles. The lowest BCUT2D eigenvalue weighted by atomic mass is 9.90. The van der Waals surface area contributed by atoms with Crippen molar-refractivity contribution in [2.45, 2.75) is 20.3 Å². The Morgan fingerprint density at radius 2 is 2.20 bits per heavy atom. The van der Waals surface area contributed by atoms with Gasteiger partial charge in [-0.15, -0.1) is 11.3 Å². The highest BCUT2D eigenvalue weighted by molar-refractivity contribution is 7.14. The first-order chi connectivity index (χ1) is 9.32. The predicted octanol–water partition coefficient (Wildman–Crippen LogP) is 1.04. The number of carboxylic acids is 1. The van der Waals surface area contributed by atoms with E-state index in [0.29, 0.717) is 18.1 Å². The Hall–Kier alpha value is -1.96. The van der Waals surface area contributed by atoms with Crippen LogP contribution in [0.15, 0.2) is 5.38 Å². The predicted molar refractivity (Wildman–Crippen MR) is 72.7 cm³/mol. The van der Waals surface area contributed by atoms with E-state index in [1.54, 1.807) is 12.3 Å². The molecule has 1 fully saturated rings. The van der Waals surface area contributed by atoms with Crippen molar-refractivity contribution in [1.82, 2.24) is 9.88 Å². The van der Waals surface area contributed by atoms with Crippen molar-refractivity contribution in [3.63, 3.8) is 0 Å². The third-order valence-corrected chi connectivity index (χ3v) is 4.04. The van der Waals surface area contributed by atoms with E-state index in [-0.39, 0.29) is 24.1 Å². The summed E-state index contributed by atoms with van der Waals surface area (Å²) in [4.78, 5) is 39.8. The number of carbonyl (C=O) groups is 3. The molecule has 108 valence electrons. The quantitative estimate of drug-likeness (QED) is 0.868. The van der Waals surface area contributed by atoms with E-state index in [1.807, 2.05) is 0 Å². The number of anilines is 1. The Kier molecular flexibility index (Phi) is 3.76. The fourth-order valence-electron chi connectivity index (χ4n) is 2.05. The van der Waals surface area contributed by atoms with Crippen LogP contribution in [0.25, 0.3) is 0 Å². The summed E-state index contributed by atoms with van der Waals surface area (Å²) in [6, 6.07) is 0. The van der Waals surface area contributed by atoms with Crippen LogP contribution in [-0.4, -0.2) is 45.9 Å². The molecule has 0 saturated carbocycles. The van der Waals surface area contributed by atoms with Gasteiger partial charge in [0.05, 0.1) is 5.41 Å². The minimum atomic E-state index is -0.898. The molecule has 0 spiro atoms. The summed E-state index contributed by atoms with van der Waals surface area (Å²) in [5.41, 5.74) is -0.667. The van der Waals surface area contributed by atoms with Crippen LogP contribution in [0, 0.1) is 5.41 Å². The van der Waals surface area contributed by atoms with Gasteiger partial charge in [0, 0.05) is 25.4 Å². The van der Waals surface area contributed by atoms with Crippen molar-refractivity contribution in [2.75, 3.05) is 18.4 Å². The van der Waals surface area contributed by atoms with Crippen LogP contribution in [0.5, 0.6) is 0 Å². The van der Waals surface area contributed by atoms with Crippen LogP contribution in [-0.2, 0) is 9.59 Å². The van der Waals surface area contributed by atoms with Crippen LogP contribution >= 0.6 is 11.3 Å². The molecule has 1 aliphatic heterocycles. The van der Waals surface area contributed by atoms with Crippen molar-refractivity contribution in [3.8, 4) is 0 Å². The third-order valence-electron chi connectivity index (χ3n) is 3.28. The van der Waals surface area contributed by atoms with Gasteiger partial charge in [-0.2, -0.15) is 0 Å². The molecule has 0 aliphatic carbocycles. The lowest BCUT2D eigenvalue weighted by Gasteiger charge is -2.19. The Bertz CT molecular complexity index is 571. The van der Waals surface area contributed by atoms with Gasteiger partial charge in [-0.05, 0) is 13.3 Å². The second-order valence-electron chi connectivity index (χ2n) is 5.06.